The van der Waals surface area contributed by atoms with Crippen molar-refractivity contribution >= 4 is 65.4 Å². The summed E-state index contributed by atoms with van der Waals surface area (Å²) in [5.74, 6) is 0. The number of hydrogen-bond acceptors (Lipinski definition) is 0. The second kappa shape index (κ2) is 12.5. The standard InChI is InChI=1S/C54H35N3/c1-3-12-35(13-4-1)36-14-11-17-42(30-36)57-51-21-10-8-19-44(51)46-32-38(23-27-52(46)57)40-25-29-54-48(34-40)47-33-39(24-28-53(47)56(54)41-15-5-2-6-16-41)37-22-26-50-45(31-37)43-18-7-9-20-49(43)55-50/h1-34,55H. The molecule has 3 heterocycles. The molecule has 0 atom stereocenters. The van der Waals surface area contributed by atoms with Crippen molar-refractivity contribution in [2.45, 2.75) is 0 Å². The van der Waals surface area contributed by atoms with E-state index >= 15 is 0 Å². The summed E-state index contributed by atoms with van der Waals surface area (Å²) in [6.07, 6.45) is 0. The van der Waals surface area contributed by atoms with Crippen molar-refractivity contribution in [3.63, 3.8) is 0 Å². The SMILES string of the molecule is c1ccc(-c2cccc(-n3c4ccccc4c4cc(-c5ccc6c(c5)c5cc(-c7ccc8[nH]c9ccccc9c8c7)ccc5n6-c5ccccc5)ccc43)c2)cc1. The van der Waals surface area contributed by atoms with E-state index in [1.54, 1.807) is 0 Å². The van der Waals surface area contributed by atoms with Gasteiger partial charge in [-0.15, -0.1) is 0 Å². The molecule has 0 saturated heterocycles. The van der Waals surface area contributed by atoms with E-state index in [0.717, 1.165) is 16.9 Å². The third kappa shape index (κ3) is 4.99. The zero-order chi connectivity index (χ0) is 37.5. The van der Waals surface area contributed by atoms with Gasteiger partial charge in [0.05, 0.1) is 22.1 Å². The van der Waals surface area contributed by atoms with Crippen LogP contribution in [0.1, 0.15) is 0 Å². The highest BCUT2D eigenvalue weighted by atomic mass is 15.0. The first kappa shape index (κ1) is 31.7. The van der Waals surface area contributed by atoms with E-state index in [1.165, 1.54) is 93.3 Å². The maximum absolute atomic E-state index is 3.59. The molecule has 0 fully saturated rings. The number of H-pyrrole nitrogens is 1. The van der Waals surface area contributed by atoms with Gasteiger partial charge in [0, 0.05) is 54.7 Å². The summed E-state index contributed by atoms with van der Waals surface area (Å²) in [6.45, 7) is 0. The topological polar surface area (TPSA) is 25.6 Å². The van der Waals surface area contributed by atoms with Crippen LogP contribution in [0, 0.1) is 0 Å². The highest BCUT2D eigenvalue weighted by Gasteiger charge is 2.17. The Morgan fingerprint density at radius 2 is 0.684 bits per heavy atom. The Morgan fingerprint density at radius 1 is 0.246 bits per heavy atom. The molecule has 57 heavy (non-hydrogen) atoms. The van der Waals surface area contributed by atoms with Gasteiger partial charge in [-0.3, -0.25) is 0 Å². The molecule has 266 valence electrons. The first-order valence-electron chi connectivity index (χ1n) is 19.6. The molecular formula is C54H35N3. The summed E-state index contributed by atoms with van der Waals surface area (Å²) >= 11 is 0. The molecule has 12 rings (SSSR count). The fourth-order valence-electron chi connectivity index (χ4n) is 9.15. The summed E-state index contributed by atoms with van der Waals surface area (Å²) in [6, 6.07) is 75.3. The number of nitrogens with one attached hydrogen (secondary N) is 1. The summed E-state index contributed by atoms with van der Waals surface area (Å²) in [5, 5.41) is 7.47. The van der Waals surface area contributed by atoms with Crippen LogP contribution in [0.2, 0.25) is 0 Å². The molecular weight excluding hydrogens is 691 g/mol. The number of nitrogens with zero attached hydrogens (tertiary/aromatic N) is 2. The summed E-state index contributed by atoms with van der Waals surface area (Å²) < 4.78 is 4.81. The molecule has 0 radical (unpaired) electrons. The molecule has 9 aromatic carbocycles. The Kier molecular flexibility index (Phi) is 6.93. The summed E-state index contributed by atoms with van der Waals surface area (Å²) in [4.78, 5) is 3.59. The Bertz CT molecular complexity index is 3510. The quantitative estimate of drug-likeness (QED) is 0.183. The number of para-hydroxylation sites is 3. The smallest absolute Gasteiger partial charge is 0.0541 e. The molecule has 0 spiro atoms. The molecule has 0 aliphatic carbocycles. The van der Waals surface area contributed by atoms with E-state index < -0.39 is 0 Å². The normalized spacial score (nSPS) is 11.9. The van der Waals surface area contributed by atoms with Crippen molar-refractivity contribution in [3.05, 3.63) is 206 Å². The van der Waals surface area contributed by atoms with Gasteiger partial charge in [-0.05, 0) is 118 Å². The fourth-order valence-corrected chi connectivity index (χ4v) is 9.15. The Hall–Kier alpha value is -7.62. The summed E-state index contributed by atoms with van der Waals surface area (Å²) in [5.41, 5.74) is 16.7. The van der Waals surface area contributed by atoms with E-state index in [2.05, 4.69) is 220 Å². The number of hydrogen-bond donors (Lipinski definition) is 1. The van der Waals surface area contributed by atoms with Crippen molar-refractivity contribution in [1.29, 1.82) is 0 Å². The first-order valence-corrected chi connectivity index (χ1v) is 19.6. The van der Waals surface area contributed by atoms with Crippen LogP contribution in [-0.4, -0.2) is 14.1 Å². The van der Waals surface area contributed by atoms with Crippen LogP contribution in [0.15, 0.2) is 206 Å². The first-order chi connectivity index (χ1) is 28.2. The van der Waals surface area contributed by atoms with Gasteiger partial charge in [0.25, 0.3) is 0 Å². The molecule has 1 N–H and O–H groups in total. The third-order valence-corrected chi connectivity index (χ3v) is 11.8. The predicted octanol–water partition coefficient (Wildman–Crippen LogP) is 14.5. The average Bonchev–Trinajstić information content (AvgIpc) is 3.93. The zero-order valence-electron chi connectivity index (χ0n) is 31.0. The third-order valence-electron chi connectivity index (χ3n) is 11.8. The van der Waals surface area contributed by atoms with Gasteiger partial charge in [-0.1, -0.05) is 121 Å². The zero-order valence-corrected chi connectivity index (χ0v) is 31.0. The van der Waals surface area contributed by atoms with Crippen LogP contribution in [-0.2, 0) is 0 Å². The maximum atomic E-state index is 3.59. The molecule has 3 aromatic heterocycles. The highest BCUT2D eigenvalue weighted by Crippen LogP contribution is 2.40. The molecule has 0 aliphatic heterocycles. The van der Waals surface area contributed by atoms with E-state index in [4.69, 9.17) is 0 Å². The van der Waals surface area contributed by atoms with Gasteiger partial charge < -0.3 is 14.1 Å². The average molecular weight is 726 g/mol. The van der Waals surface area contributed by atoms with Crippen LogP contribution in [0.3, 0.4) is 0 Å². The number of aromatic nitrogens is 3. The molecule has 0 amide bonds. The molecule has 3 heteroatoms. The van der Waals surface area contributed by atoms with Crippen LogP contribution in [0.25, 0.3) is 110 Å². The van der Waals surface area contributed by atoms with Crippen molar-refractivity contribution < 1.29 is 0 Å². The Labute approximate surface area is 329 Å². The van der Waals surface area contributed by atoms with E-state index in [1.807, 2.05) is 0 Å². The molecule has 0 saturated carbocycles. The summed E-state index contributed by atoms with van der Waals surface area (Å²) in [7, 11) is 0. The van der Waals surface area contributed by atoms with E-state index in [-0.39, 0.29) is 0 Å². The van der Waals surface area contributed by atoms with Crippen LogP contribution < -0.4 is 0 Å². The van der Waals surface area contributed by atoms with E-state index in [9.17, 15) is 0 Å². The van der Waals surface area contributed by atoms with Gasteiger partial charge in [-0.25, -0.2) is 0 Å². The number of rotatable bonds is 5. The van der Waals surface area contributed by atoms with Gasteiger partial charge >= 0.3 is 0 Å². The molecule has 12 aromatic rings. The van der Waals surface area contributed by atoms with Gasteiger partial charge in [0.15, 0.2) is 0 Å². The van der Waals surface area contributed by atoms with E-state index in [0.29, 0.717) is 0 Å². The van der Waals surface area contributed by atoms with Crippen molar-refractivity contribution in [2.24, 2.45) is 0 Å². The van der Waals surface area contributed by atoms with Gasteiger partial charge in [-0.2, -0.15) is 0 Å². The minimum atomic E-state index is 1.16. The molecule has 3 nitrogen and oxygen atoms in total. The van der Waals surface area contributed by atoms with Gasteiger partial charge in [0.2, 0.25) is 0 Å². The Balaban J connectivity index is 1.03. The van der Waals surface area contributed by atoms with Crippen LogP contribution >= 0.6 is 0 Å². The fraction of sp³-hybridized carbons (Fsp3) is 0. The lowest BCUT2D eigenvalue weighted by Gasteiger charge is -2.11. The lowest BCUT2D eigenvalue weighted by Crippen LogP contribution is -1.94. The van der Waals surface area contributed by atoms with Crippen molar-refractivity contribution in [2.75, 3.05) is 0 Å². The number of benzene rings is 9. The monoisotopic (exact) mass is 725 g/mol. The van der Waals surface area contributed by atoms with Gasteiger partial charge in [0.1, 0.15) is 0 Å². The van der Waals surface area contributed by atoms with Crippen LogP contribution in [0.5, 0.6) is 0 Å². The molecule has 0 unspecified atom stereocenters. The molecule has 0 aliphatic rings. The molecule has 0 bridgehead atoms. The second-order valence-corrected chi connectivity index (χ2v) is 15.1. The lowest BCUT2D eigenvalue weighted by molar-refractivity contribution is 1.18. The van der Waals surface area contributed by atoms with Crippen molar-refractivity contribution in [3.8, 4) is 44.8 Å². The predicted molar refractivity (Wildman–Crippen MR) is 241 cm³/mol. The minimum Gasteiger partial charge on any atom is -0.355 e. The largest absolute Gasteiger partial charge is 0.355 e. The number of aromatic amines is 1. The second-order valence-electron chi connectivity index (χ2n) is 15.1. The number of fused-ring (bicyclic) bond motifs is 9. The lowest BCUT2D eigenvalue weighted by atomic mass is 9.98. The highest BCUT2D eigenvalue weighted by molar-refractivity contribution is 6.14. The minimum absolute atomic E-state index is 1.16. The Morgan fingerprint density at radius 3 is 1.37 bits per heavy atom. The maximum Gasteiger partial charge on any atom is 0.0541 e. The van der Waals surface area contributed by atoms with Crippen molar-refractivity contribution in [1.82, 2.24) is 14.1 Å². The van der Waals surface area contributed by atoms with Crippen LogP contribution in [0.4, 0.5) is 0 Å².